The number of halogens is 1. The standard InChI is InChI=1S/C22H22ClNO/c23-21-14-8-7-13-19(21)15-20(18-11-5-2-6-12-18)22(25)24-16-17-9-3-1-4-10-17/h2,5-9,11-15H,1,3-4,10,16H2,(H,24,25)/b20-15+. The van der Waals surface area contributed by atoms with Gasteiger partial charge in [0.15, 0.2) is 0 Å². The van der Waals surface area contributed by atoms with E-state index in [4.69, 9.17) is 11.6 Å². The molecule has 1 aliphatic rings. The van der Waals surface area contributed by atoms with Crippen LogP contribution in [0.3, 0.4) is 0 Å². The fraction of sp³-hybridized carbons (Fsp3) is 0.227. The van der Waals surface area contributed by atoms with E-state index < -0.39 is 0 Å². The Bertz CT molecular complexity index is 793. The summed E-state index contributed by atoms with van der Waals surface area (Å²) in [5, 5.41) is 3.71. The Kier molecular flexibility index (Phi) is 6.08. The first kappa shape index (κ1) is 17.5. The van der Waals surface area contributed by atoms with Crippen LogP contribution in [0.15, 0.2) is 66.2 Å². The van der Waals surface area contributed by atoms with Crippen LogP contribution in [0.25, 0.3) is 11.6 Å². The molecule has 0 bridgehead atoms. The third kappa shape index (κ3) is 4.83. The van der Waals surface area contributed by atoms with Crippen molar-refractivity contribution < 1.29 is 4.79 Å². The van der Waals surface area contributed by atoms with Gasteiger partial charge in [0, 0.05) is 17.1 Å². The lowest BCUT2D eigenvalue weighted by Crippen LogP contribution is -2.27. The summed E-state index contributed by atoms with van der Waals surface area (Å²) < 4.78 is 0. The van der Waals surface area contributed by atoms with Crippen molar-refractivity contribution in [2.45, 2.75) is 25.7 Å². The van der Waals surface area contributed by atoms with Crippen molar-refractivity contribution in [1.29, 1.82) is 0 Å². The summed E-state index contributed by atoms with van der Waals surface area (Å²) >= 11 is 6.27. The van der Waals surface area contributed by atoms with Crippen LogP contribution in [0.5, 0.6) is 0 Å². The van der Waals surface area contributed by atoms with Crippen LogP contribution in [-0.2, 0) is 4.79 Å². The van der Waals surface area contributed by atoms with Gasteiger partial charge in [0.05, 0.1) is 0 Å². The number of allylic oxidation sites excluding steroid dienone is 1. The number of rotatable bonds is 5. The molecule has 2 aromatic rings. The van der Waals surface area contributed by atoms with Gasteiger partial charge in [0.1, 0.15) is 0 Å². The predicted octanol–water partition coefficient (Wildman–Crippen LogP) is 5.50. The normalized spacial score (nSPS) is 14.8. The van der Waals surface area contributed by atoms with Crippen LogP contribution in [0, 0.1) is 0 Å². The van der Waals surface area contributed by atoms with Gasteiger partial charge in [-0.05, 0) is 49.0 Å². The largest absolute Gasteiger partial charge is 0.348 e. The molecule has 25 heavy (non-hydrogen) atoms. The molecule has 3 heteroatoms. The number of amides is 1. The topological polar surface area (TPSA) is 29.1 Å². The van der Waals surface area contributed by atoms with E-state index >= 15 is 0 Å². The Labute approximate surface area is 154 Å². The molecule has 0 saturated heterocycles. The molecule has 1 aliphatic carbocycles. The second kappa shape index (κ2) is 8.68. The number of nitrogens with one attached hydrogen (secondary N) is 1. The average molecular weight is 352 g/mol. The summed E-state index contributed by atoms with van der Waals surface area (Å²) in [7, 11) is 0. The molecular weight excluding hydrogens is 330 g/mol. The molecular formula is C22H22ClNO. The predicted molar refractivity (Wildman–Crippen MR) is 105 cm³/mol. The Morgan fingerprint density at radius 1 is 1.04 bits per heavy atom. The van der Waals surface area contributed by atoms with Gasteiger partial charge in [-0.2, -0.15) is 0 Å². The zero-order valence-electron chi connectivity index (χ0n) is 14.2. The van der Waals surface area contributed by atoms with Crippen molar-refractivity contribution in [3.8, 4) is 0 Å². The van der Waals surface area contributed by atoms with E-state index in [0.717, 1.165) is 24.0 Å². The van der Waals surface area contributed by atoms with Gasteiger partial charge in [-0.25, -0.2) is 0 Å². The van der Waals surface area contributed by atoms with Crippen molar-refractivity contribution >= 4 is 29.2 Å². The fourth-order valence-corrected chi connectivity index (χ4v) is 3.19. The maximum Gasteiger partial charge on any atom is 0.252 e. The molecule has 128 valence electrons. The van der Waals surface area contributed by atoms with Crippen molar-refractivity contribution in [3.05, 3.63) is 82.4 Å². The molecule has 1 amide bonds. The molecule has 1 N–H and O–H groups in total. The van der Waals surface area contributed by atoms with E-state index in [0.29, 0.717) is 17.1 Å². The van der Waals surface area contributed by atoms with Crippen molar-refractivity contribution in [1.82, 2.24) is 5.32 Å². The summed E-state index contributed by atoms with van der Waals surface area (Å²) in [5.41, 5.74) is 3.68. The number of carbonyl (C=O) groups is 1. The van der Waals surface area contributed by atoms with Crippen LogP contribution >= 0.6 is 11.6 Å². The zero-order valence-corrected chi connectivity index (χ0v) is 14.9. The second-order valence-electron chi connectivity index (χ2n) is 6.24. The number of benzene rings is 2. The Morgan fingerprint density at radius 3 is 2.52 bits per heavy atom. The Morgan fingerprint density at radius 2 is 1.80 bits per heavy atom. The van der Waals surface area contributed by atoms with Gasteiger partial charge < -0.3 is 5.32 Å². The third-order valence-corrected chi connectivity index (χ3v) is 4.74. The highest BCUT2D eigenvalue weighted by Crippen LogP contribution is 2.24. The molecule has 0 heterocycles. The van der Waals surface area contributed by atoms with E-state index in [1.54, 1.807) is 0 Å². The maximum atomic E-state index is 12.9. The first-order chi connectivity index (χ1) is 12.2. The number of carbonyl (C=O) groups excluding carboxylic acids is 1. The fourth-order valence-electron chi connectivity index (χ4n) is 3.00. The monoisotopic (exact) mass is 351 g/mol. The van der Waals surface area contributed by atoms with Crippen LogP contribution in [-0.4, -0.2) is 12.5 Å². The highest BCUT2D eigenvalue weighted by Gasteiger charge is 2.13. The summed E-state index contributed by atoms with van der Waals surface area (Å²) in [6.45, 7) is 0.617. The molecule has 0 spiro atoms. The van der Waals surface area contributed by atoms with Gasteiger partial charge in [-0.3, -0.25) is 4.79 Å². The summed E-state index contributed by atoms with van der Waals surface area (Å²) in [6.07, 6.45) is 8.77. The Balaban J connectivity index is 1.85. The van der Waals surface area contributed by atoms with E-state index in [9.17, 15) is 4.79 Å². The minimum atomic E-state index is -0.0717. The third-order valence-electron chi connectivity index (χ3n) is 4.40. The summed E-state index contributed by atoms with van der Waals surface area (Å²) in [6, 6.07) is 17.3. The van der Waals surface area contributed by atoms with Crippen LogP contribution in [0.4, 0.5) is 0 Å². The lowest BCUT2D eigenvalue weighted by molar-refractivity contribution is -0.115. The van der Waals surface area contributed by atoms with Gasteiger partial charge in [0.25, 0.3) is 5.91 Å². The van der Waals surface area contributed by atoms with Crippen LogP contribution < -0.4 is 5.32 Å². The van der Waals surface area contributed by atoms with Gasteiger partial charge >= 0.3 is 0 Å². The van der Waals surface area contributed by atoms with Crippen molar-refractivity contribution in [2.75, 3.05) is 6.54 Å². The highest BCUT2D eigenvalue weighted by atomic mass is 35.5. The lowest BCUT2D eigenvalue weighted by atomic mass is 9.99. The Hall–Kier alpha value is -2.32. The van der Waals surface area contributed by atoms with Crippen LogP contribution in [0.2, 0.25) is 5.02 Å². The maximum absolute atomic E-state index is 12.9. The SMILES string of the molecule is O=C(NCC1=CCCCC1)/C(=C/c1ccccc1Cl)c1ccccc1. The second-order valence-corrected chi connectivity index (χ2v) is 6.64. The summed E-state index contributed by atoms with van der Waals surface area (Å²) in [4.78, 5) is 12.9. The number of hydrogen-bond donors (Lipinski definition) is 1. The molecule has 0 atom stereocenters. The van der Waals surface area contributed by atoms with Gasteiger partial charge in [-0.1, -0.05) is 71.8 Å². The smallest absolute Gasteiger partial charge is 0.252 e. The molecule has 3 rings (SSSR count). The minimum absolute atomic E-state index is 0.0717. The average Bonchev–Trinajstić information content (AvgIpc) is 2.67. The van der Waals surface area contributed by atoms with Gasteiger partial charge in [-0.15, -0.1) is 0 Å². The quantitative estimate of drug-likeness (QED) is 0.430. The molecule has 0 saturated carbocycles. The molecule has 0 unspecified atom stereocenters. The molecule has 0 radical (unpaired) electrons. The van der Waals surface area contributed by atoms with Crippen molar-refractivity contribution in [2.24, 2.45) is 0 Å². The van der Waals surface area contributed by atoms with E-state index in [1.807, 2.05) is 60.7 Å². The molecule has 0 aliphatic heterocycles. The van der Waals surface area contributed by atoms with Crippen LogP contribution in [0.1, 0.15) is 36.8 Å². The molecule has 2 nitrogen and oxygen atoms in total. The van der Waals surface area contributed by atoms with Crippen molar-refractivity contribution in [3.63, 3.8) is 0 Å². The molecule has 2 aromatic carbocycles. The first-order valence-corrected chi connectivity index (χ1v) is 9.09. The molecule has 0 aromatic heterocycles. The first-order valence-electron chi connectivity index (χ1n) is 8.72. The summed E-state index contributed by atoms with van der Waals surface area (Å²) in [5.74, 6) is -0.0717. The number of hydrogen-bond acceptors (Lipinski definition) is 1. The van der Waals surface area contributed by atoms with Gasteiger partial charge in [0.2, 0.25) is 0 Å². The zero-order chi connectivity index (χ0) is 17.5. The van der Waals surface area contributed by atoms with E-state index in [2.05, 4.69) is 11.4 Å². The molecule has 0 fully saturated rings. The minimum Gasteiger partial charge on any atom is -0.348 e. The van der Waals surface area contributed by atoms with E-state index in [-0.39, 0.29) is 5.91 Å². The highest BCUT2D eigenvalue weighted by molar-refractivity contribution is 6.33. The lowest BCUT2D eigenvalue weighted by Gasteiger charge is -2.15. The van der Waals surface area contributed by atoms with E-state index in [1.165, 1.54) is 18.4 Å².